The van der Waals surface area contributed by atoms with Crippen LogP contribution in [0.2, 0.25) is 0 Å². The van der Waals surface area contributed by atoms with E-state index in [0.717, 1.165) is 0 Å². The van der Waals surface area contributed by atoms with Gasteiger partial charge in [-0.1, -0.05) is 24.3 Å². The Labute approximate surface area is 152 Å². The lowest BCUT2D eigenvalue weighted by molar-refractivity contribution is 0.0959. The van der Waals surface area contributed by atoms with Crippen LogP contribution in [0.15, 0.2) is 66.1 Å². The zero-order valence-corrected chi connectivity index (χ0v) is 15.0. The van der Waals surface area contributed by atoms with Crippen LogP contribution >= 0.6 is 0 Å². The van der Waals surface area contributed by atoms with Crippen LogP contribution in [0.3, 0.4) is 0 Å². The molecule has 2 amide bonds. The van der Waals surface area contributed by atoms with Gasteiger partial charge in [0, 0.05) is 12.1 Å². The van der Waals surface area contributed by atoms with Gasteiger partial charge in [0.1, 0.15) is 0 Å². The smallest absolute Gasteiger partial charge is 0.255 e. The van der Waals surface area contributed by atoms with Crippen molar-refractivity contribution < 1.29 is 18.0 Å². The molecule has 2 aromatic rings. The number of carbonyl (C=O) groups is 2. The monoisotopic (exact) mass is 373 g/mol. The predicted octanol–water partition coefficient (Wildman–Crippen LogP) is 1.76. The van der Waals surface area contributed by atoms with Gasteiger partial charge in [0.2, 0.25) is 10.0 Å². The number of anilines is 1. The summed E-state index contributed by atoms with van der Waals surface area (Å²) in [5.74, 6) is -0.880. The van der Waals surface area contributed by atoms with Crippen molar-refractivity contribution in [2.75, 3.05) is 18.9 Å². The zero-order chi connectivity index (χ0) is 19.2. The molecule has 0 radical (unpaired) electrons. The molecule has 0 aliphatic heterocycles. The minimum absolute atomic E-state index is 0.0235. The van der Waals surface area contributed by atoms with E-state index in [0.29, 0.717) is 17.8 Å². The SMILES string of the molecule is C=CCNC(=O)c1ccccc1NC(=O)c1cccc(S(=O)(=O)NC)c1. The van der Waals surface area contributed by atoms with Crippen LogP contribution < -0.4 is 15.4 Å². The van der Waals surface area contributed by atoms with Crippen LogP contribution in [0.1, 0.15) is 20.7 Å². The molecule has 0 aliphatic rings. The van der Waals surface area contributed by atoms with Gasteiger partial charge in [-0.25, -0.2) is 13.1 Å². The average molecular weight is 373 g/mol. The summed E-state index contributed by atoms with van der Waals surface area (Å²) in [7, 11) is -2.37. The molecular weight excluding hydrogens is 354 g/mol. The Morgan fingerprint density at radius 1 is 1.08 bits per heavy atom. The molecule has 0 spiro atoms. The topological polar surface area (TPSA) is 104 Å². The summed E-state index contributed by atoms with van der Waals surface area (Å²) in [6.07, 6.45) is 1.55. The molecule has 0 fully saturated rings. The maximum atomic E-state index is 12.5. The number of sulfonamides is 1. The molecule has 26 heavy (non-hydrogen) atoms. The van der Waals surface area contributed by atoms with E-state index in [1.54, 1.807) is 30.3 Å². The molecule has 0 saturated carbocycles. The Hall–Kier alpha value is -2.97. The summed E-state index contributed by atoms with van der Waals surface area (Å²) in [6.45, 7) is 3.83. The van der Waals surface area contributed by atoms with E-state index in [1.807, 2.05) is 0 Å². The standard InChI is InChI=1S/C18H19N3O4S/c1-3-11-20-18(23)15-9-4-5-10-16(15)21-17(22)13-7-6-8-14(12-13)26(24,25)19-2/h3-10,12,19H,1,11H2,2H3,(H,20,23)(H,21,22). The Kier molecular flexibility index (Phi) is 6.26. The van der Waals surface area contributed by atoms with Crippen molar-refractivity contribution in [1.82, 2.24) is 10.0 Å². The summed E-state index contributed by atoms with van der Waals surface area (Å²) in [5, 5.41) is 5.28. The third-order valence-electron chi connectivity index (χ3n) is 3.50. The van der Waals surface area contributed by atoms with Gasteiger partial charge < -0.3 is 10.6 Å². The maximum Gasteiger partial charge on any atom is 0.255 e. The molecule has 0 heterocycles. The fourth-order valence-corrected chi connectivity index (χ4v) is 2.94. The molecule has 136 valence electrons. The zero-order valence-electron chi connectivity index (χ0n) is 14.2. The van der Waals surface area contributed by atoms with Gasteiger partial charge in [-0.15, -0.1) is 6.58 Å². The van der Waals surface area contributed by atoms with Crippen molar-refractivity contribution in [2.24, 2.45) is 0 Å². The first-order chi connectivity index (χ1) is 12.4. The first-order valence-electron chi connectivity index (χ1n) is 7.72. The number of amides is 2. The Balaban J connectivity index is 2.27. The first kappa shape index (κ1) is 19.4. The van der Waals surface area contributed by atoms with Crippen molar-refractivity contribution in [1.29, 1.82) is 0 Å². The number of hydrogen-bond acceptors (Lipinski definition) is 4. The second-order valence-corrected chi connectivity index (χ2v) is 7.12. The fourth-order valence-electron chi connectivity index (χ4n) is 2.17. The van der Waals surface area contributed by atoms with E-state index in [1.165, 1.54) is 31.3 Å². The number of benzene rings is 2. The molecule has 2 rings (SSSR count). The molecule has 8 heteroatoms. The minimum atomic E-state index is -3.66. The Morgan fingerprint density at radius 3 is 2.50 bits per heavy atom. The number of carbonyl (C=O) groups excluding carboxylic acids is 2. The van der Waals surface area contributed by atoms with Crippen molar-refractivity contribution in [2.45, 2.75) is 4.90 Å². The van der Waals surface area contributed by atoms with Crippen LogP contribution in [-0.2, 0) is 10.0 Å². The summed E-state index contributed by atoms with van der Waals surface area (Å²) in [5.41, 5.74) is 0.769. The highest BCUT2D eigenvalue weighted by Crippen LogP contribution is 2.17. The summed E-state index contributed by atoms with van der Waals surface area (Å²) in [6, 6.07) is 12.2. The molecular formula is C18H19N3O4S. The van der Waals surface area contributed by atoms with E-state index in [9.17, 15) is 18.0 Å². The predicted molar refractivity (Wildman–Crippen MR) is 99.6 cm³/mol. The fraction of sp³-hybridized carbons (Fsp3) is 0.111. The molecule has 2 aromatic carbocycles. The summed E-state index contributed by atoms with van der Waals surface area (Å²) < 4.78 is 25.9. The molecule has 0 aliphatic carbocycles. The third kappa shape index (κ3) is 4.56. The molecule has 0 saturated heterocycles. The second kappa shape index (κ2) is 8.41. The second-order valence-electron chi connectivity index (χ2n) is 5.23. The third-order valence-corrected chi connectivity index (χ3v) is 4.91. The highest BCUT2D eigenvalue weighted by molar-refractivity contribution is 7.89. The van der Waals surface area contributed by atoms with Crippen LogP contribution in [0, 0.1) is 0 Å². The van der Waals surface area contributed by atoms with Gasteiger partial charge in [0.05, 0.1) is 16.1 Å². The van der Waals surface area contributed by atoms with E-state index < -0.39 is 15.9 Å². The van der Waals surface area contributed by atoms with Crippen molar-refractivity contribution in [3.63, 3.8) is 0 Å². The lowest BCUT2D eigenvalue weighted by atomic mass is 10.1. The number of nitrogens with one attached hydrogen (secondary N) is 3. The van der Waals surface area contributed by atoms with Crippen molar-refractivity contribution in [3.8, 4) is 0 Å². The molecule has 0 aromatic heterocycles. The largest absolute Gasteiger partial charge is 0.349 e. The van der Waals surface area contributed by atoms with Gasteiger partial charge in [-0.3, -0.25) is 9.59 Å². The highest BCUT2D eigenvalue weighted by atomic mass is 32.2. The molecule has 7 nitrogen and oxygen atoms in total. The van der Waals surface area contributed by atoms with E-state index in [4.69, 9.17) is 0 Å². The van der Waals surface area contributed by atoms with Crippen molar-refractivity contribution >= 4 is 27.5 Å². The average Bonchev–Trinajstić information content (AvgIpc) is 2.66. The lowest BCUT2D eigenvalue weighted by Crippen LogP contribution is -2.25. The van der Waals surface area contributed by atoms with Crippen molar-refractivity contribution in [3.05, 3.63) is 72.3 Å². The Morgan fingerprint density at radius 2 is 1.81 bits per heavy atom. The van der Waals surface area contributed by atoms with Gasteiger partial charge >= 0.3 is 0 Å². The first-order valence-corrected chi connectivity index (χ1v) is 9.20. The summed E-state index contributed by atoms with van der Waals surface area (Å²) in [4.78, 5) is 24.6. The Bertz CT molecular complexity index is 939. The minimum Gasteiger partial charge on any atom is -0.349 e. The molecule has 0 bridgehead atoms. The summed E-state index contributed by atoms with van der Waals surface area (Å²) >= 11 is 0. The number of para-hydroxylation sites is 1. The molecule has 0 atom stereocenters. The van der Waals surface area contributed by atoms with Crippen LogP contribution in [-0.4, -0.2) is 33.8 Å². The van der Waals surface area contributed by atoms with E-state index >= 15 is 0 Å². The van der Waals surface area contributed by atoms with Gasteiger partial charge in [0.25, 0.3) is 11.8 Å². The van der Waals surface area contributed by atoms with Gasteiger partial charge in [-0.05, 0) is 37.4 Å². The van der Waals surface area contributed by atoms with Crippen LogP contribution in [0.25, 0.3) is 0 Å². The number of hydrogen-bond donors (Lipinski definition) is 3. The normalized spacial score (nSPS) is 10.8. The lowest BCUT2D eigenvalue weighted by Gasteiger charge is -2.11. The maximum absolute atomic E-state index is 12.5. The molecule has 3 N–H and O–H groups in total. The van der Waals surface area contributed by atoms with Crippen LogP contribution in [0.5, 0.6) is 0 Å². The highest BCUT2D eigenvalue weighted by Gasteiger charge is 2.16. The van der Waals surface area contributed by atoms with Crippen LogP contribution in [0.4, 0.5) is 5.69 Å². The quantitative estimate of drug-likeness (QED) is 0.643. The van der Waals surface area contributed by atoms with Gasteiger partial charge in [-0.2, -0.15) is 0 Å². The van der Waals surface area contributed by atoms with Gasteiger partial charge in [0.15, 0.2) is 0 Å². The number of rotatable bonds is 7. The van der Waals surface area contributed by atoms with E-state index in [2.05, 4.69) is 21.9 Å². The molecule has 0 unspecified atom stereocenters. The van der Waals surface area contributed by atoms with E-state index in [-0.39, 0.29) is 16.4 Å².